The van der Waals surface area contributed by atoms with Gasteiger partial charge in [-0.15, -0.1) is 0 Å². The smallest absolute Gasteiger partial charge is 0.219 e. The molecule has 1 aromatic rings. The van der Waals surface area contributed by atoms with Gasteiger partial charge in [0.05, 0.1) is 11.8 Å². The topological polar surface area (TPSA) is 43.8 Å². The molecule has 0 unspecified atom stereocenters. The summed E-state index contributed by atoms with van der Waals surface area (Å²) in [5.41, 5.74) is 1.11. The molecule has 1 aliphatic heterocycles. The van der Waals surface area contributed by atoms with Crippen molar-refractivity contribution >= 4 is 11.6 Å². The Labute approximate surface area is 112 Å². The van der Waals surface area contributed by atoms with Crippen LogP contribution in [0, 0.1) is 5.82 Å². The minimum absolute atomic E-state index is 0.0598. The molecule has 1 N–H and O–H groups in total. The van der Waals surface area contributed by atoms with Crippen molar-refractivity contribution < 1.29 is 14.3 Å². The molecule has 0 saturated carbocycles. The SMILES string of the molecule is CC(=O)N1CCN(c2ccc([C@H](C)O)cc2F)CC1. The lowest BCUT2D eigenvalue weighted by Gasteiger charge is -2.35. The van der Waals surface area contributed by atoms with E-state index in [1.54, 1.807) is 30.9 Å². The van der Waals surface area contributed by atoms with Gasteiger partial charge in [-0.2, -0.15) is 0 Å². The van der Waals surface area contributed by atoms with Crippen LogP contribution >= 0.6 is 0 Å². The molecule has 19 heavy (non-hydrogen) atoms. The number of carbonyl (C=O) groups is 1. The molecule has 5 heteroatoms. The summed E-state index contributed by atoms with van der Waals surface area (Å²) in [7, 11) is 0. The highest BCUT2D eigenvalue weighted by Gasteiger charge is 2.21. The van der Waals surface area contributed by atoms with Crippen LogP contribution in [0.25, 0.3) is 0 Å². The molecular weight excluding hydrogens is 247 g/mol. The number of aliphatic hydroxyl groups excluding tert-OH is 1. The largest absolute Gasteiger partial charge is 0.389 e. The molecule has 0 spiro atoms. The van der Waals surface area contributed by atoms with E-state index in [0.29, 0.717) is 37.4 Å². The fourth-order valence-corrected chi connectivity index (χ4v) is 2.30. The molecule has 1 atom stereocenters. The lowest BCUT2D eigenvalue weighted by molar-refractivity contribution is -0.129. The van der Waals surface area contributed by atoms with Gasteiger partial charge in [-0.05, 0) is 24.6 Å². The van der Waals surface area contributed by atoms with Crippen molar-refractivity contribution in [2.45, 2.75) is 20.0 Å². The number of piperazine rings is 1. The standard InChI is InChI=1S/C14H19FN2O2/c1-10(18)12-3-4-14(13(15)9-12)17-7-5-16(6-8-17)11(2)19/h3-4,9-10,18H,5-8H2,1-2H3/t10-/m0/s1. The zero-order valence-electron chi connectivity index (χ0n) is 11.3. The van der Waals surface area contributed by atoms with Crippen molar-refractivity contribution in [2.75, 3.05) is 31.1 Å². The van der Waals surface area contributed by atoms with Gasteiger partial charge in [-0.1, -0.05) is 6.07 Å². The third kappa shape index (κ3) is 3.04. The van der Waals surface area contributed by atoms with Gasteiger partial charge in [0.15, 0.2) is 0 Å². The number of hydrogen-bond donors (Lipinski definition) is 1. The van der Waals surface area contributed by atoms with Gasteiger partial charge in [0, 0.05) is 33.1 Å². The summed E-state index contributed by atoms with van der Waals surface area (Å²) in [4.78, 5) is 14.9. The van der Waals surface area contributed by atoms with Gasteiger partial charge in [0.2, 0.25) is 5.91 Å². The molecule has 1 saturated heterocycles. The van der Waals surface area contributed by atoms with Gasteiger partial charge < -0.3 is 14.9 Å². The normalized spacial score (nSPS) is 17.5. The van der Waals surface area contributed by atoms with E-state index in [2.05, 4.69) is 0 Å². The van der Waals surface area contributed by atoms with E-state index in [-0.39, 0.29) is 11.7 Å². The van der Waals surface area contributed by atoms with Crippen LogP contribution in [0.1, 0.15) is 25.5 Å². The Kier molecular flexibility index (Phi) is 4.04. The van der Waals surface area contributed by atoms with Crippen molar-refractivity contribution in [1.29, 1.82) is 0 Å². The Morgan fingerprint density at radius 2 is 1.95 bits per heavy atom. The first-order valence-electron chi connectivity index (χ1n) is 6.47. The first kappa shape index (κ1) is 13.8. The highest BCUT2D eigenvalue weighted by atomic mass is 19.1. The van der Waals surface area contributed by atoms with Crippen molar-refractivity contribution in [3.8, 4) is 0 Å². The second kappa shape index (κ2) is 5.57. The molecule has 0 aromatic heterocycles. The van der Waals surface area contributed by atoms with Gasteiger partial charge >= 0.3 is 0 Å². The Hall–Kier alpha value is -1.62. The summed E-state index contributed by atoms with van der Waals surface area (Å²) in [6.07, 6.45) is -0.668. The van der Waals surface area contributed by atoms with Crippen LogP contribution in [0.2, 0.25) is 0 Å². The maximum Gasteiger partial charge on any atom is 0.219 e. The van der Waals surface area contributed by atoms with Crippen LogP contribution in [-0.4, -0.2) is 42.1 Å². The number of nitrogens with zero attached hydrogens (tertiary/aromatic N) is 2. The average molecular weight is 266 g/mol. The highest BCUT2D eigenvalue weighted by Crippen LogP contribution is 2.24. The summed E-state index contributed by atoms with van der Waals surface area (Å²) >= 11 is 0. The molecule has 104 valence electrons. The third-order valence-corrected chi connectivity index (χ3v) is 3.52. The van der Waals surface area contributed by atoms with Crippen LogP contribution in [-0.2, 0) is 4.79 Å². The lowest BCUT2D eigenvalue weighted by Crippen LogP contribution is -2.48. The lowest BCUT2D eigenvalue weighted by atomic mass is 10.1. The molecule has 1 fully saturated rings. The van der Waals surface area contributed by atoms with Crippen LogP contribution in [0.15, 0.2) is 18.2 Å². The zero-order chi connectivity index (χ0) is 14.0. The second-order valence-corrected chi connectivity index (χ2v) is 4.88. The Bertz CT molecular complexity index is 469. The van der Waals surface area contributed by atoms with Crippen LogP contribution < -0.4 is 4.90 Å². The number of hydrogen-bond acceptors (Lipinski definition) is 3. The van der Waals surface area contributed by atoms with Crippen LogP contribution in [0.3, 0.4) is 0 Å². The molecule has 1 aromatic carbocycles. The average Bonchev–Trinajstić information content (AvgIpc) is 2.38. The van der Waals surface area contributed by atoms with Crippen molar-refractivity contribution in [3.63, 3.8) is 0 Å². The van der Waals surface area contributed by atoms with Gasteiger partial charge in [0.25, 0.3) is 0 Å². The molecule has 4 nitrogen and oxygen atoms in total. The van der Waals surface area contributed by atoms with E-state index < -0.39 is 6.10 Å². The van der Waals surface area contributed by atoms with E-state index in [9.17, 15) is 14.3 Å². The molecule has 2 rings (SSSR count). The molecule has 1 aliphatic rings. The fraction of sp³-hybridized carbons (Fsp3) is 0.500. The quantitative estimate of drug-likeness (QED) is 0.883. The summed E-state index contributed by atoms with van der Waals surface area (Å²) in [6, 6.07) is 4.80. The summed E-state index contributed by atoms with van der Waals surface area (Å²) in [5.74, 6) is -0.265. The Morgan fingerprint density at radius 1 is 1.32 bits per heavy atom. The number of benzene rings is 1. The summed E-state index contributed by atoms with van der Waals surface area (Å²) in [6.45, 7) is 5.66. The highest BCUT2D eigenvalue weighted by molar-refractivity contribution is 5.73. The number of halogens is 1. The van der Waals surface area contributed by atoms with E-state index in [1.807, 2.05) is 4.90 Å². The van der Waals surface area contributed by atoms with Gasteiger partial charge in [-0.25, -0.2) is 4.39 Å². The van der Waals surface area contributed by atoms with Crippen molar-refractivity contribution in [1.82, 2.24) is 4.90 Å². The third-order valence-electron chi connectivity index (χ3n) is 3.52. The Balaban J connectivity index is 2.09. The second-order valence-electron chi connectivity index (χ2n) is 4.88. The predicted molar refractivity (Wildman–Crippen MR) is 71.5 cm³/mol. The zero-order valence-corrected chi connectivity index (χ0v) is 11.3. The van der Waals surface area contributed by atoms with Gasteiger partial charge in [-0.3, -0.25) is 4.79 Å². The fourth-order valence-electron chi connectivity index (χ4n) is 2.30. The molecule has 1 amide bonds. The Morgan fingerprint density at radius 3 is 2.42 bits per heavy atom. The van der Waals surface area contributed by atoms with Gasteiger partial charge in [0.1, 0.15) is 5.82 Å². The number of anilines is 1. The van der Waals surface area contributed by atoms with E-state index in [0.717, 1.165) is 0 Å². The maximum absolute atomic E-state index is 14.0. The van der Waals surface area contributed by atoms with E-state index in [4.69, 9.17) is 0 Å². The molecule has 0 bridgehead atoms. The van der Waals surface area contributed by atoms with E-state index in [1.165, 1.54) is 6.07 Å². The first-order chi connectivity index (χ1) is 8.99. The maximum atomic E-state index is 14.0. The first-order valence-corrected chi connectivity index (χ1v) is 6.47. The number of amides is 1. The van der Waals surface area contributed by atoms with Crippen LogP contribution in [0.4, 0.5) is 10.1 Å². The minimum atomic E-state index is -0.668. The van der Waals surface area contributed by atoms with Crippen molar-refractivity contribution in [2.24, 2.45) is 0 Å². The van der Waals surface area contributed by atoms with Crippen LogP contribution in [0.5, 0.6) is 0 Å². The monoisotopic (exact) mass is 266 g/mol. The summed E-state index contributed by atoms with van der Waals surface area (Å²) in [5, 5.41) is 9.42. The van der Waals surface area contributed by atoms with E-state index >= 15 is 0 Å². The molecule has 0 radical (unpaired) electrons. The minimum Gasteiger partial charge on any atom is -0.389 e. The number of carbonyl (C=O) groups excluding carboxylic acids is 1. The molecular formula is C14H19FN2O2. The molecule has 1 heterocycles. The molecule has 0 aliphatic carbocycles. The van der Waals surface area contributed by atoms with Crippen molar-refractivity contribution in [3.05, 3.63) is 29.6 Å². The predicted octanol–water partition coefficient (Wildman–Crippen LogP) is 1.55. The summed E-state index contributed by atoms with van der Waals surface area (Å²) < 4.78 is 14.0. The number of aliphatic hydroxyl groups is 1. The number of rotatable bonds is 2.